The van der Waals surface area contributed by atoms with Crippen molar-refractivity contribution in [2.45, 2.75) is 42.6 Å². The van der Waals surface area contributed by atoms with Gasteiger partial charge in [0.25, 0.3) is 0 Å². The normalized spacial score (nSPS) is 19.0. The van der Waals surface area contributed by atoms with E-state index in [0.717, 1.165) is 53.9 Å². The molecule has 0 spiro atoms. The molecule has 0 unspecified atom stereocenters. The van der Waals surface area contributed by atoms with Crippen LogP contribution in [-0.2, 0) is 32.5 Å². The van der Waals surface area contributed by atoms with Gasteiger partial charge in [0.2, 0.25) is 5.91 Å². The molecule has 5 rings (SSSR count). The van der Waals surface area contributed by atoms with Crippen LogP contribution in [-0.4, -0.2) is 27.0 Å². The Bertz CT molecular complexity index is 1180. The summed E-state index contributed by atoms with van der Waals surface area (Å²) in [5, 5.41) is 8.55. The van der Waals surface area contributed by atoms with Crippen LogP contribution in [0.4, 0.5) is 5.82 Å². The number of rotatable bonds is 5. The lowest BCUT2D eigenvalue weighted by molar-refractivity contribution is -0.121. The summed E-state index contributed by atoms with van der Waals surface area (Å²) in [5.41, 5.74) is 2.82. The van der Waals surface area contributed by atoms with Gasteiger partial charge in [-0.25, -0.2) is 4.68 Å². The Morgan fingerprint density at radius 1 is 1.09 bits per heavy atom. The van der Waals surface area contributed by atoms with Gasteiger partial charge in [-0.1, -0.05) is 36.6 Å². The van der Waals surface area contributed by atoms with Gasteiger partial charge in [-0.3, -0.25) is 9.00 Å². The van der Waals surface area contributed by atoms with E-state index in [9.17, 15) is 9.00 Å². The number of ether oxygens (including phenoxy) is 1. The lowest BCUT2D eigenvalue weighted by Crippen LogP contribution is -2.38. The van der Waals surface area contributed by atoms with Crippen molar-refractivity contribution in [1.29, 1.82) is 0 Å². The number of hydrogen-bond acceptors (Lipinski definition) is 4. The number of methoxy groups -OCH3 is 1. The van der Waals surface area contributed by atoms with Crippen LogP contribution in [0.25, 0.3) is 5.69 Å². The summed E-state index contributed by atoms with van der Waals surface area (Å²) in [6, 6.07) is 15.1. The third kappa shape index (κ3) is 3.63. The van der Waals surface area contributed by atoms with Crippen molar-refractivity contribution in [1.82, 2.24) is 9.78 Å². The molecule has 2 aliphatic rings. The maximum absolute atomic E-state index is 13.8. The molecule has 1 fully saturated rings. The molecule has 0 radical (unpaired) electrons. The van der Waals surface area contributed by atoms with E-state index in [0.29, 0.717) is 22.3 Å². The predicted molar refractivity (Wildman–Crippen MR) is 126 cm³/mol. The fourth-order valence-electron chi connectivity index (χ4n) is 4.79. The molecule has 2 aromatic carbocycles. The zero-order valence-corrected chi connectivity index (χ0v) is 19.3. The minimum atomic E-state index is -0.996. The number of amides is 1. The van der Waals surface area contributed by atoms with E-state index >= 15 is 0 Å². The standard InChI is InChI=1S/C24H24ClN3O3S/c1-31-19-10-8-18(9-11-19)28-22(20-14-32(30)15-21(20)27-28)26-23(29)24(12-2-3-13-24)16-4-6-17(25)7-5-16/h4-11H,2-3,12-15H2,1H3,(H,26,29)/t32-/m0/s1. The van der Waals surface area contributed by atoms with Gasteiger partial charge in [0.1, 0.15) is 11.6 Å². The molecule has 1 aliphatic heterocycles. The Morgan fingerprint density at radius 2 is 1.78 bits per heavy atom. The summed E-state index contributed by atoms with van der Waals surface area (Å²) in [7, 11) is 0.625. The maximum Gasteiger partial charge on any atom is 0.236 e. The van der Waals surface area contributed by atoms with Gasteiger partial charge in [-0.15, -0.1) is 0 Å². The molecule has 166 valence electrons. The molecule has 1 aliphatic carbocycles. The Labute approximate surface area is 194 Å². The molecular weight excluding hydrogens is 446 g/mol. The lowest BCUT2D eigenvalue weighted by atomic mass is 9.78. The number of aromatic nitrogens is 2. The molecule has 1 N–H and O–H groups in total. The van der Waals surface area contributed by atoms with Gasteiger partial charge in [0, 0.05) is 21.4 Å². The number of fused-ring (bicyclic) bond motifs is 1. The van der Waals surface area contributed by atoms with Crippen molar-refractivity contribution in [2.24, 2.45) is 0 Å². The maximum atomic E-state index is 13.8. The van der Waals surface area contributed by atoms with Crippen molar-refractivity contribution in [3.63, 3.8) is 0 Å². The molecule has 1 atom stereocenters. The van der Waals surface area contributed by atoms with Crippen LogP contribution in [0.1, 0.15) is 42.5 Å². The molecule has 8 heteroatoms. The molecule has 0 bridgehead atoms. The molecular formula is C24H24ClN3O3S. The summed E-state index contributed by atoms with van der Waals surface area (Å²) >= 11 is 6.10. The highest BCUT2D eigenvalue weighted by molar-refractivity contribution is 7.83. The fourth-order valence-corrected chi connectivity index (χ4v) is 6.18. The Balaban J connectivity index is 1.54. The summed E-state index contributed by atoms with van der Waals surface area (Å²) in [5.74, 6) is 2.11. The van der Waals surface area contributed by atoms with E-state index in [1.54, 1.807) is 11.8 Å². The number of nitrogens with zero attached hydrogens (tertiary/aromatic N) is 2. The molecule has 3 aromatic rings. The third-order valence-corrected chi connectivity index (χ3v) is 7.97. The summed E-state index contributed by atoms with van der Waals surface area (Å²) < 4.78 is 19.2. The van der Waals surface area contributed by atoms with Gasteiger partial charge in [0.05, 0.1) is 35.4 Å². The van der Waals surface area contributed by atoms with Crippen LogP contribution in [0.2, 0.25) is 5.02 Å². The first-order chi connectivity index (χ1) is 15.5. The second-order valence-corrected chi connectivity index (χ2v) is 10.3. The second-order valence-electron chi connectivity index (χ2n) is 8.36. The molecule has 2 heterocycles. The number of nitrogens with one attached hydrogen (secondary N) is 1. The average molecular weight is 470 g/mol. The van der Waals surface area contributed by atoms with Crippen molar-refractivity contribution in [3.8, 4) is 11.4 Å². The quantitative estimate of drug-likeness (QED) is 0.585. The Kier molecular flexibility index (Phi) is 5.55. The number of anilines is 1. The molecule has 1 amide bonds. The van der Waals surface area contributed by atoms with Crippen LogP contribution in [0.5, 0.6) is 5.75 Å². The zero-order valence-electron chi connectivity index (χ0n) is 17.8. The van der Waals surface area contributed by atoms with Crippen molar-refractivity contribution >= 4 is 34.1 Å². The second kappa shape index (κ2) is 8.37. The van der Waals surface area contributed by atoms with E-state index in [2.05, 4.69) is 5.32 Å². The number of halogens is 1. The first-order valence-corrected chi connectivity index (χ1v) is 12.5. The van der Waals surface area contributed by atoms with Crippen LogP contribution < -0.4 is 10.1 Å². The molecule has 6 nitrogen and oxygen atoms in total. The average Bonchev–Trinajstić information content (AvgIpc) is 3.51. The van der Waals surface area contributed by atoms with Crippen molar-refractivity contribution in [2.75, 3.05) is 12.4 Å². The lowest BCUT2D eigenvalue weighted by Gasteiger charge is -2.28. The number of carbonyl (C=O) groups is 1. The third-order valence-electron chi connectivity index (χ3n) is 6.51. The summed E-state index contributed by atoms with van der Waals surface area (Å²) in [6.07, 6.45) is 3.56. The van der Waals surface area contributed by atoms with E-state index < -0.39 is 16.2 Å². The molecule has 1 saturated carbocycles. The summed E-state index contributed by atoms with van der Waals surface area (Å²) in [4.78, 5) is 13.8. The smallest absolute Gasteiger partial charge is 0.236 e. The van der Waals surface area contributed by atoms with Crippen molar-refractivity contribution < 1.29 is 13.7 Å². The monoisotopic (exact) mass is 469 g/mol. The highest BCUT2D eigenvalue weighted by Gasteiger charge is 2.43. The topological polar surface area (TPSA) is 73.2 Å². The number of benzene rings is 2. The van der Waals surface area contributed by atoms with Crippen LogP contribution in [0.3, 0.4) is 0 Å². The van der Waals surface area contributed by atoms with Gasteiger partial charge >= 0.3 is 0 Å². The van der Waals surface area contributed by atoms with Crippen LogP contribution >= 0.6 is 11.6 Å². The Morgan fingerprint density at radius 3 is 2.44 bits per heavy atom. The molecule has 32 heavy (non-hydrogen) atoms. The minimum absolute atomic E-state index is 0.0486. The number of hydrogen-bond donors (Lipinski definition) is 1. The van der Waals surface area contributed by atoms with Gasteiger partial charge in [-0.2, -0.15) is 5.10 Å². The van der Waals surface area contributed by atoms with Gasteiger partial charge in [-0.05, 0) is 54.8 Å². The van der Waals surface area contributed by atoms with E-state index in [1.165, 1.54) is 0 Å². The van der Waals surface area contributed by atoms with E-state index in [4.69, 9.17) is 21.4 Å². The largest absolute Gasteiger partial charge is 0.497 e. The van der Waals surface area contributed by atoms with E-state index in [1.807, 2.05) is 48.5 Å². The van der Waals surface area contributed by atoms with Crippen LogP contribution in [0, 0.1) is 0 Å². The fraction of sp³-hybridized carbons (Fsp3) is 0.333. The number of carbonyl (C=O) groups excluding carboxylic acids is 1. The zero-order chi connectivity index (χ0) is 22.3. The van der Waals surface area contributed by atoms with Gasteiger partial charge < -0.3 is 10.1 Å². The van der Waals surface area contributed by atoms with Crippen molar-refractivity contribution in [3.05, 3.63) is 70.4 Å². The SMILES string of the molecule is COc1ccc(-n2nc3c(c2NC(=O)C2(c4ccc(Cl)cc4)CCCC2)C[S@](=O)C3)cc1. The first kappa shape index (κ1) is 21.2. The predicted octanol–water partition coefficient (Wildman–Crippen LogP) is 4.75. The highest BCUT2D eigenvalue weighted by atomic mass is 35.5. The van der Waals surface area contributed by atoms with Crippen LogP contribution in [0.15, 0.2) is 48.5 Å². The highest BCUT2D eigenvalue weighted by Crippen LogP contribution is 2.43. The molecule has 0 saturated heterocycles. The van der Waals surface area contributed by atoms with E-state index in [-0.39, 0.29) is 5.91 Å². The Hall–Kier alpha value is -2.64. The molecule has 1 aromatic heterocycles. The first-order valence-electron chi connectivity index (χ1n) is 10.7. The van der Waals surface area contributed by atoms with Gasteiger partial charge in [0.15, 0.2) is 0 Å². The minimum Gasteiger partial charge on any atom is -0.497 e. The summed E-state index contributed by atoms with van der Waals surface area (Å²) in [6.45, 7) is 0.